The first-order valence-electron chi connectivity index (χ1n) is 7.28. The Morgan fingerprint density at radius 2 is 1.74 bits per heavy atom. The minimum Gasteiger partial charge on any atom is -0.475 e. The van der Waals surface area contributed by atoms with Crippen LogP contribution in [-0.2, 0) is 14.3 Å². The third-order valence-electron chi connectivity index (χ3n) is 3.15. The topological polar surface area (TPSA) is 76.1 Å². The fourth-order valence-electron chi connectivity index (χ4n) is 2.33. The first-order valence-corrected chi connectivity index (χ1v) is 7.28. The van der Waals surface area contributed by atoms with Crippen molar-refractivity contribution in [1.82, 2.24) is 4.90 Å². The van der Waals surface area contributed by atoms with Gasteiger partial charge in [-0.25, -0.2) is 14.5 Å². The second-order valence-electron chi connectivity index (χ2n) is 6.71. The molecule has 0 atom stereocenters. The number of carboxylic acid groups (broad SMARTS) is 1. The SMILES string of the molecule is CC(C)(C)OC(=O)N1C(c2ccccc2)=C(C(=O)O)OC1(C)C. The highest BCUT2D eigenvalue weighted by Crippen LogP contribution is 2.40. The van der Waals surface area contributed by atoms with Gasteiger partial charge >= 0.3 is 12.1 Å². The molecule has 23 heavy (non-hydrogen) atoms. The second kappa shape index (κ2) is 5.61. The number of carboxylic acids is 1. The zero-order valence-corrected chi connectivity index (χ0v) is 13.9. The van der Waals surface area contributed by atoms with Gasteiger partial charge < -0.3 is 14.6 Å². The molecule has 1 aliphatic heterocycles. The molecule has 0 saturated heterocycles. The number of aliphatic carboxylic acids is 1. The molecule has 1 aliphatic rings. The van der Waals surface area contributed by atoms with Crippen LogP contribution >= 0.6 is 0 Å². The number of amides is 1. The Bertz CT molecular complexity index is 655. The number of hydrogen-bond acceptors (Lipinski definition) is 4. The van der Waals surface area contributed by atoms with Gasteiger partial charge in [0.25, 0.3) is 0 Å². The summed E-state index contributed by atoms with van der Waals surface area (Å²) >= 11 is 0. The Balaban J connectivity index is 2.56. The molecule has 1 amide bonds. The van der Waals surface area contributed by atoms with Crippen LogP contribution in [0.15, 0.2) is 36.1 Å². The van der Waals surface area contributed by atoms with Gasteiger partial charge in [0, 0.05) is 5.56 Å². The highest BCUT2D eigenvalue weighted by atomic mass is 16.6. The van der Waals surface area contributed by atoms with Crippen molar-refractivity contribution in [3.63, 3.8) is 0 Å². The predicted molar refractivity (Wildman–Crippen MR) is 84.2 cm³/mol. The van der Waals surface area contributed by atoms with E-state index < -0.39 is 23.4 Å². The van der Waals surface area contributed by atoms with Crippen LogP contribution in [-0.4, -0.2) is 33.4 Å². The number of hydrogen-bond donors (Lipinski definition) is 1. The number of benzene rings is 1. The molecule has 0 fully saturated rings. The monoisotopic (exact) mass is 319 g/mol. The van der Waals surface area contributed by atoms with Crippen LogP contribution in [0.25, 0.3) is 5.70 Å². The minimum absolute atomic E-state index is 0.192. The van der Waals surface area contributed by atoms with Crippen LogP contribution < -0.4 is 0 Å². The van der Waals surface area contributed by atoms with Gasteiger partial charge in [0.1, 0.15) is 11.3 Å². The lowest BCUT2D eigenvalue weighted by molar-refractivity contribution is -0.140. The highest BCUT2D eigenvalue weighted by molar-refractivity contribution is 5.99. The van der Waals surface area contributed by atoms with Gasteiger partial charge in [-0.15, -0.1) is 0 Å². The summed E-state index contributed by atoms with van der Waals surface area (Å²) in [6.45, 7) is 8.49. The Hall–Kier alpha value is -2.50. The molecular formula is C17H21NO5. The molecule has 6 heteroatoms. The maximum absolute atomic E-state index is 12.6. The molecule has 0 saturated carbocycles. The largest absolute Gasteiger partial charge is 0.475 e. The van der Waals surface area contributed by atoms with Gasteiger partial charge in [-0.1, -0.05) is 30.3 Å². The van der Waals surface area contributed by atoms with Crippen LogP contribution in [0, 0.1) is 0 Å². The Morgan fingerprint density at radius 3 is 2.22 bits per heavy atom. The molecule has 0 radical (unpaired) electrons. The molecule has 0 aliphatic carbocycles. The average Bonchev–Trinajstić information content (AvgIpc) is 2.69. The van der Waals surface area contributed by atoms with E-state index in [1.165, 1.54) is 4.90 Å². The fraction of sp³-hybridized carbons (Fsp3) is 0.412. The molecule has 124 valence electrons. The zero-order chi connectivity index (χ0) is 17.4. The average molecular weight is 319 g/mol. The van der Waals surface area contributed by atoms with E-state index >= 15 is 0 Å². The Labute approximate surface area is 135 Å². The summed E-state index contributed by atoms with van der Waals surface area (Å²) in [6, 6.07) is 8.78. The standard InChI is InChI=1S/C17H21NO5/c1-16(2,3)23-15(21)18-12(11-9-7-6-8-10-11)13(14(19)20)22-17(18,4)5/h6-10H,1-5H3,(H,19,20). The predicted octanol–water partition coefficient (Wildman–Crippen LogP) is 3.44. The summed E-state index contributed by atoms with van der Waals surface area (Å²) in [5.41, 5.74) is -1.11. The lowest BCUT2D eigenvalue weighted by atomic mass is 10.1. The van der Waals surface area contributed by atoms with Crippen LogP contribution in [0.4, 0.5) is 4.79 Å². The summed E-state index contributed by atoms with van der Waals surface area (Å²) in [6.07, 6.45) is -0.655. The van der Waals surface area contributed by atoms with E-state index in [-0.39, 0.29) is 11.5 Å². The Morgan fingerprint density at radius 1 is 1.17 bits per heavy atom. The van der Waals surface area contributed by atoms with Crippen molar-refractivity contribution >= 4 is 17.8 Å². The van der Waals surface area contributed by atoms with Crippen molar-refractivity contribution < 1.29 is 24.2 Å². The number of carbonyl (C=O) groups excluding carboxylic acids is 1. The first-order chi connectivity index (χ1) is 10.5. The molecule has 1 heterocycles. The molecule has 6 nitrogen and oxygen atoms in total. The van der Waals surface area contributed by atoms with Crippen molar-refractivity contribution in [2.45, 2.75) is 45.9 Å². The number of carbonyl (C=O) groups is 2. The van der Waals surface area contributed by atoms with Crippen molar-refractivity contribution in [1.29, 1.82) is 0 Å². The molecular weight excluding hydrogens is 298 g/mol. The smallest absolute Gasteiger partial charge is 0.418 e. The van der Waals surface area contributed by atoms with E-state index in [2.05, 4.69) is 0 Å². The van der Waals surface area contributed by atoms with Gasteiger partial charge in [-0.05, 0) is 34.6 Å². The van der Waals surface area contributed by atoms with Crippen LogP contribution in [0.3, 0.4) is 0 Å². The molecule has 0 unspecified atom stereocenters. The summed E-state index contributed by atoms with van der Waals surface area (Å²) < 4.78 is 10.9. The molecule has 0 aromatic heterocycles. The van der Waals surface area contributed by atoms with Gasteiger partial charge in [0.15, 0.2) is 5.72 Å². The third kappa shape index (κ3) is 3.47. The van der Waals surface area contributed by atoms with Gasteiger partial charge in [-0.2, -0.15) is 0 Å². The van der Waals surface area contributed by atoms with E-state index in [0.717, 1.165) is 0 Å². The number of rotatable bonds is 2. The van der Waals surface area contributed by atoms with Crippen LogP contribution in [0.5, 0.6) is 0 Å². The van der Waals surface area contributed by atoms with Crippen molar-refractivity contribution in [2.75, 3.05) is 0 Å². The normalized spacial score (nSPS) is 17.0. The van der Waals surface area contributed by atoms with E-state index in [0.29, 0.717) is 5.56 Å². The molecule has 0 bridgehead atoms. The molecule has 1 aromatic carbocycles. The number of nitrogens with zero attached hydrogens (tertiary/aromatic N) is 1. The van der Waals surface area contributed by atoms with Crippen LogP contribution in [0.1, 0.15) is 40.2 Å². The molecule has 2 rings (SSSR count). The van der Waals surface area contributed by atoms with Gasteiger partial charge in [0.2, 0.25) is 5.76 Å². The van der Waals surface area contributed by atoms with Gasteiger partial charge in [0.05, 0.1) is 0 Å². The van der Waals surface area contributed by atoms with E-state index in [1.54, 1.807) is 58.9 Å². The summed E-state index contributed by atoms with van der Waals surface area (Å²) in [5.74, 6) is -1.50. The minimum atomic E-state index is -1.23. The lowest BCUT2D eigenvalue weighted by Gasteiger charge is -2.33. The zero-order valence-electron chi connectivity index (χ0n) is 13.9. The van der Waals surface area contributed by atoms with E-state index in [1.807, 2.05) is 6.07 Å². The highest BCUT2D eigenvalue weighted by Gasteiger charge is 2.48. The third-order valence-corrected chi connectivity index (χ3v) is 3.15. The summed E-state index contributed by atoms with van der Waals surface area (Å²) in [4.78, 5) is 25.4. The first kappa shape index (κ1) is 16.9. The lowest BCUT2D eigenvalue weighted by Crippen LogP contribution is -2.46. The van der Waals surface area contributed by atoms with E-state index in [9.17, 15) is 14.7 Å². The van der Waals surface area contributed by atoms with E-state index in [4.69, 9.17) is 9.47 Å². The van der Waals surface area contributed by atoms with Crippen molar-refractivity contribution in [2.24, 2.45) is 0 Å². The summed E-state index contributed by atoms with van der Waals surface area (Å²) in [7, 11) is 0. The molecule has 1 N–H and O–H groups in total. The Kier molecular flexibility index (Phi) is 4.11. The van der Waals surface area contributed by atoms with Crippen molar-refractivity contribution in [3.05, 3.63) is 41.7 Å². The maximum atomic E-state index is 12.6. The molecule has 0 spiro atoms. The quantitative estimate of drug-likeness (QED) is 0.903. The van der Waals surface area contributed by atoms with Crippen molar-refractivity contribution in [3.8, 4) is 0 Å². The van der Waals surface area contributed by atoms with Gasteiger partial charge in [-0.3, -0.25) is 0 Å². The second-order valence-corrected chi connectivity index (χ2v) is 6.71. The summed E-state index contributed by atoms with van der Waals surface area (Å²) in [5, 5.41) is 9.45. The fourth-order valence-corrected chi connectivity index (χ4v) is 2.33. The molecule has 1 aromatic rings. The van der Waals surface area contributed by atoms with Crippen LogP contribution in [0.2, 0.25) is 0 Å². The maximum Gasteiger partial charge on any atom is 0.418 e. The number of ether oxygens (including phenoxy) is 2.